The van der Waals surface area contributed by atoms with Crippen molar-refractivity contribution in [2.45, 2.75) is 13.5 Å². The van der Waals surface area contributed by atoms with Gasteiger partial charge in [0.25, 0.3) is 5.91 Å². The molecule has 0 bridgehead atoms. The number of rotatable bonds is 4. The van der Waals surface area contributed by atoms with Gasteiger partial charge in [-0.05, 0) is 19.1 Å². The molecular weight excluding hydrogens is 332 g/mol. The number of nitrogen functional groups attached to an aromatic ring is 1. The molecule has 9 nitrogen and oxygen atoms in total. The van der Waals surface area contributed by atoms with Crippen molar-refractivity contribution in [3.8, 4) is 5.82 Å². The van der Waals surface area contributed by atoms with E-state index in [1.54, 1.807) is 0 Å². The summed E-state index contributed by atoms with van der Waals surface area (Å²) in [6, 6.07) is 5.54. The van der Waals surface area contributed by atoms with Crippen LogP contribution in [-0.4, -0.2) is 35.9 Å². The Morgan fingerprint density at radius 3 is 2.71 bits per heavy atom. The monoisotopic (exact) mass is 344 g/mol. The van der Waals surface area contributed by atoms with E-state index in [0.717, 1.165) is 11.4 Å². The molecule has 0 aliphatic rings. The van der Waals surface area contributed by atoms with Gasteiger partial charge >= 0.3 is 0 Å². The topological polar surface area (TPSA) is 124 Å². The molecule has 0 fully saturated rings. The fraction of sp³-hybridized carbons (Fsp3) is 0.143. The zero-order valence-electron chi connectivity index (χ0n) is 12.6. The first kappa shape index (κ1) is 15.8. The quantitative estimate of drug-likeness (QED) is 0.721. The van der Waals surface area contributed by atoms with Crippen LogP contribution in [0.3, 0.4) is 0 Å². The van der Waals surface area contributed by atoms with Crippen LogP contribution in [0.2, 0.25) is 5.15 Å². The van der Waals surface area contributed by atoms with E-state index in [-0.39, 0.29) is 29.0 Å². The molecule has 0 spiro atoms. The van der Waals surface area contributed by atoms with E-state index in [4.69, 9.17) is 17.3 Å². The summed E-state index contributed by atoms with van der Waals surface area (Å²) in [7, 11) is 0. The second kappa shape index (κ2) is 6.59. The van der Waals surface area contributed by atoms with Gasteiger partial charge in [-0.3, -0.25) is 9.78 Å². The van der Waals surface area contributed by atoms with E-state index in [1.807, 2.05) is 25.1 Å². The maximum Gasteiger partial charge on any atom is 0.274 e. The molecule has 0 saturated carbocycles. The third-order valence-corrected chi connectivity index (χ3v) is 3.32. The van der Waals surface area contributed by atoms with E-state index >= 15 is 0 Å². The molecule has 0 saturated heterocycles. The van der Waals surface area contributed by atoms with Crippen LogP contribution in [0, 0.1) is 6.92 Å². The number of hydrogen-bond donors (Lipinski definition) is 2. The number of anilines is 1. The molecule has 0 radical (unpaired) electrons. The van der Waals surface area contributed by atoms with Crippen molar-refractivity contribution in [3.05, 3.63) is 52.8 Å². The Morgan fingerprint density at radius 1 is 1.25 bits per heavy atom. The van der Waals surface area contributed by atoms with Gasteiger partial charge in [-0.1, -0.05) is 17.7 Å². The number of carbonyl (C=O) groups is 1. The average molecular weight is 345 g/mol. The van der Waals surface area contributed by atoms with E-state index in [2.05, 4.69) is 30.5 Å². The number of nitrogens with two attached hydrogens (primary N) is 1. The van der Waals surface area contributed by atoms with Crippen LogP contribution in [0.1, 0.15) is 21.9 Å². The Bertz CT molecular complexity index is 880. The third kappa shape index (κ3) is 3.30. The molecular formula is C14H13ClN8O. The lowest BCUT2D eigenvalue weighted by Gasteiger charge is -2.09. The molecule has 3 N–H and O–H groups in total. The van der Waals surface area contributed by atoms with Crippen molar-refractivity contribution in [2.24, 2.45) is 0 Å². The van der Waals surface area contributed by atoms with Crippen LogP contribution < -0.4 is 11.1 Å². The molecule has 3 aromatic heterocycles. The maximum absolute atomic E-state index is 12.3. The number of pyridine rings is 1. The third-order valence-electron chi connectivity index (χ3n) is 3.06. The van der Waals surface area contributed by atoms with Crippen LogP contribution in [0.4, 0.5) is 5.82 Å². The number of aryl methyl sites for hydroxylation is 1. The van der Waals surface area contributed by atoms with Crippen LogP contribution in [0.25, 0.3) is 5.82 Å². The summed E-state index contributed by atoms with van der Waals surface area (Å²) in [4.78, 5) is 25.8. The molecule has 24 heavy (non-hydrogen) atoms. The average Bonchev–Trinajstić information content (AvgIpc) is 3.08. The standard InChI is InChI=1S/C14H13ClN8O/c1-8-3-2-4-9(20-8)7-17-14(24)10-12(16)22-13(11(15)21-10)23-18-5-6-19-23/h2-6H,7H2,1H3,(H2,16,22)(H,17,24). The lowest BCUT2D eigenvalue weighted by atomic mass is 10.3. The Labute approximate surface area is 141 Å². The highest BCUT2D eigenvalue weighted by Gasteiger charge is 2.18. The summed E-state index contributed by atoms with van der Waals surface area (Å²) in [5.74, 6) is -0.414. The molecule has 3 rings (SSSR count). The fourth-order valence-electron chi connectivity index (χ4n) is 1.99. The van der Waals surface area contributed by atoms with Crippen molar-refractivity contribution in [1.29, 1.82) is 0 Å². The Kier molecular flexibility index (Phi) is 4.34. The molecule has 122 valence electrons. The van der Waals surface area contributed by atoms with Gasteiger partial charge in [0.2, 0.25) is 5.82 Å². The number of halogens is 1. The van der Waals surface area contributed by atoms with Crippen LogP contribution in [0.15, 0.2) is 30.6 Å². The summed E-state index contributed by atoms with van der Waals surface area (Å²) in [6.07, 6.45) is 2.92. The minimum absolute atomic E-state index is 0.0285. The predicted molar refractivity (Wildman–Crippen MR) is 86.5 cm³/mol. The van der Waals surface area contributed by atoms with Gasteiger partial charge in [-0.25, -0.2) is 9.97 Å². The molecule has 0 aromatic carbocycles. The van der Waals surface area contributed by atoms with E-state index in [9.17, 15) is 4.79 Å². The smallest absolute Gasteiger partial charge is 0.274 e. The Balaban J connectivity index is 1.79. The largest absolute Gasteiger partial charge is 0.382 e. The van der Waals surface area contributed by atoms with Gasteiger partial charge in [-0.2, -0.15) is 10.2 Å². The molecule has 1 amide bonds. The molecule has 0 atom stereocenters. The van der Waals surface area contributed by atoms with E-state index in [1.165, 1.54) is 17.2 Å². The summed E-state index contributed by atoms with van der Waals surface area (Å²) >= 11 is 6.05. The predicted octanol–water partition coefficient (Wildman–Crippen LogP) is 0.926. The Hall–Kier alpha value is -3.07. The number of nitrogens with zero attached hydrogens (tertiary/aromatic N) is 6. The molecule has 0 aliphatic heterocycles. The summed E-state index contributed by atoms with van der Waals surface area (Å²) in [5, 5.41) is 10.5. The van der Waals surface area contributed by atoms with Crippen molar-refractivity contribution in [3.63, 3.8) is 0 Å². The van der Waals surface area contributed by atoms with Gasteiger partial charge < -0.3 is 11.1 Å². The van der Waals surface area contributed by atoms with Crippen LogP contribution >= 0.6 is 11.6 Å². The van der Waals surface area contributed by atoms with Gasteiger partial charge in [0.05, 0.1) is 24.6 Å². The van der Waals surface area contributed by atoms with Crippen molar-refractivity contribution < 1.29 is 4.79 Å². The zero-order valence-corrected chi connectivity index (χ0v) is 13.4. The second-order valence-electron chi connectivity index (χ2n) is 4.84. The van der Waals surface area contributed by atoms with Crippen molar-refractivity contribution in [2.75, 3.05) is 5.73 Å². The molecule has 10 heteroatoms. The van der Waals surface area contributed by atoms with Gasteiger partial charge in [0.15, 0.2) is 16.7 Å². The SMILES string of the molecule is Cc1cccc(CNC(=O)c2nc(Cl)c(-n3nccn3)nc2N)n1. The van der Waals surface area contributed by atoms with E-state index < -0.39 is 5.91 Å². The Morgan fingerprint density at radius 2 is 2.00 bits per heavy atom. The highest BCUT2D eigenvalue weighted by atomic mass is 35.5. The highest BCUT2D eigenvalue weighted by molar-refractivity contribution is 6.31. The molecule has 0 unspecified atom stereocenters. The van der Waals surface area contributed by atoms with Gasteiger partial charge in [0.1, 0.15) is 0 Å². The lowest BCUT2D eigenvalue weighted by Crippen LogP contribution is -2.26. The molecule has 0 aliphatic carbocycles. The first-order valence-electron chi connectivity index (χ1n) is 6.95. The normalized spacial score (nSPS) is 10.6. The first-order chi connectivity index (χ1) is 11.5. The summed E-state index contributed by atoms with van der Waals surface area (Å²) in [5.41, 5.74) is 7.33. The minimum atomic E-state index is -0.495. The maximum atomic E-state index is 12.3. The van der Waals surface area contributed by atoms with Crippen LogP contribution in [-0.2, 0) is 6.54 Å². The van der Waals surface area contributed by atoms with Crippen LogP contribution in [0.5, 0.6) is 0 Å². The second-order valence-corrected chi connectivity index (χ2v) is 5.20. The molecule has 3 heterocycles. The number of nitrogens with one attached hydrogen (secondary N) is 1. The summed E-state index contributed by atoms with van der Waals surface area (Å²) < 4.78 is 0. The first-order valence-corrected chi connectivity index (χ1v) is 7.33. The van der Waals surface area contributed by atoms with E-state index in [0.29, 0.717) is 0 Å². The number of carbonyl (C=O) groups excluding carboxylic acids is 1. The highest BCUT2D eigenvalue weighted by Crippen LogP contribution is 2.18. The van der Waals surface area contributed by atoms with Gasteiger partial charge in [0, 0.05) is 5.69 Å². The number of hydrogen-bond acceptors (Lipinski definition) is 7. The fourth-order valence-corrected chi connectivity index (χ4v) is 2.19. The van der Waals surface area contributed by atoms with Crippen molar-refractivity contribution >= 4 is 23.3 Å². The van der Waals surface area contributed by atoms with Crippen molar-refractivity contribution in [1.82, 2.24) is 35.3 Å². The summed E-state index contributed by atoms with van der Waals surface area (Å²) in [6.45, 7) is 2.11. The molecule has 3 aromatic rings. The number of amides is 1. The number of aromatic nitrogens is 6. The zero-order chi connectivity index (χ0) is 17.1. The van der Waals surface area contributed by atoms with Gasteiger partial charge in [-0.15, -0.1) is 4.80 Å². The lowest BCUT2D eigenvalue weighted by molar-refractivity contribution is 0.0946. The minimum Gasteiger partial charge on any atom is -0.382 e.